The number of H-pyrrole nitrogens is 2. The first-order valence-corrected chi connectivity index (χ1v) is 11.2. The number of hydrogen-bond donors (Lipinski definition) is 4. The number of carbonyl (C=O) groups is 1. The Balaban J connectivity index is 1.55. The summed E-state index contributed by atoms with van der Waals surface area (Å²) in [6.45, 7) is 0.826. The Hall–Kier alpha value is -4.70. The van der Waals surface area contributed by atoms with Crippen LogP contribution in [0.5, 0.6) is 5.75 Å². The molecule has 0 aliphatic rings. The molecule has 5 rings (SSSR count). The van der Waals surface area contributed by atoms with Crippen LogP contribution in [0.4, 0.5) is 10.7 Å². The number of benzene rings is 3. The predicted molar refractivity (Wildman–Crippen MR) is 136 cm³/mol. The van der Waals surface area contributed by atoms with Gasteiger partial charge in [0.1, 0.15) is 12.4 Å². The van der Waals surface area contributed by atoms with Crippen molar-refractivity contribution in [3.63, 3.8) is 0 Å². The second kappa shape index (κ2) is 9.88. The second-order valence-electron chi connectivity index (χ2n) is 8.14. The van der Waals surface area contributed by atoms with E-state index in [0.29, 0.717) is 41.8 Å². The van der Waals surface area contributed by atoms with Crippen LogP contribution >= 0.6 is 0 Å². The zero-order valence-electron chi connectivity index (χ0n) is 19.4. The van der Waals surface area contributed by atoms with Crippen molar-refractivity contribution in [2.45, 2.75) is 6.42 Å². The van der Waals surface area contributed by atoms with Crippen molar-refractivity contribution >= 4 is 33.8 Å². The summed E-state index contributed by atoms with van der Waals surface area (Å²) in [6, 6.07) is 18.9. The van der Waals surface area contributed by atoms with Gasteiger partial charge >= 0.3 is 6.09 Å². The number of hydrogen-bond acceptors (Lipinski definition) is 6. The Kier molecular flexibility index (Phi) is 6.33. The quantitative estimate of drug-likeness (QED) is 0.242. The Morgan fingerprint density at radius 1 is 1.06 bits per heavy atom. The van der Waals surface area contributed by atoms with Gasteiger partial charge in [-0.1, -0.05) is 30.3 Å². The van der Waals surface area contributed by atoms with E-state index in [1.54, 1.807) is 13.2 Å². The highest BCUT2D eigenvalue weighted by molar-refractivity contribution is 5.88. The van der Waals surface area contributed by atoms with Crippen molar-refractivity contribution in [2.75, 3.05) is 25.6 Å². The molecule has 0 unspecified atom stereocenters. The number of methoxy groups -OCH3 is 1. The molecule has 0 aliphatic carbocycles. The van der Waals surface area contributed by atoms with E-state index in [4.69, 9.17) is 14.6 Å². The smallest absolute Gasteiger partial charge is 0.411 e. The number of rotatable bonds is 8. The summed E-state index contributed by atoms with van der Waals surface area (Å²) in [6.07, 6.45) is -0.694. The molecule has 10 nitrogen and oxygen atoms in total. The van der Waals surface area contributed by atoms with Gasteiger partial charge in [-0.3, -0.25) is 10.1 Å². The summed E-state index contributed by atoms with van der Waals surface area (Å²) >= 11 is 0. The molecule has 0 atom stereocenters. The summed E-state index contributed by atoms with van der Waals surface area (Å²) in [7, 11) is 1.61. The number of imidazole rings is 1. The third-order valence-corrected chi connectivity index (χ3v) is 5.75. The monoisotopic (exact) mass is 485 g/mol. The maximum absolute atomic E-state index is 12.2. The minimum Gasteiger partial charge on any atom is -0.491 e. The molecule has 36 heavy (non-hydrogen) atoms. The Labute approximate surface area is 204 Å². The molecule has 182 valence electrons. The lowest BCUT2D eigenvalue weighted by Crippen LogP contribution is -2.11. The van der Waals surface area contributed by atoms with E-state index in [9.17, 15) is 9.59 Å². The molecule has 0 saturated carbocycles. The number of amides is 1. The number of anilines is 1. The molecule has 10 heteroatoms. The fourth-order valence-corrected chi connectivity index (χ4v) is 4.11. The fourth-order valence-electron chi connectivity index (χ4n) is 4.11. The molecule has 0 bridgehead atoms. The van der Waals surface area contributed by atoms with Crippen LogP contribution in [0.3, 0.4) is 0 Å². The molecular formula is C26H23N5O5. The maximum atomic E-state index is 12.2. The van der Waals surface area contributed by atoms with Crippen molar-refractivity contribution in [3.05, 3.63) is 82.3 Å². The fraction of sp³-hybridized carbons (Fsp3) is 0.154. The van der Waals surface area contributed by atoms with Crippen molar-refractivity contribution in [1.82, 2.24) is 20.2 Å². The highest BCUT2D eigenvalue weighted by Crippen LogP contribution is 2.34. The van der Waals surface area contributed by atoms with Gasteiger partial charge in [-0.2, -0.15) is 5.10 Å². The van der Waals surface area contributed by atoms with E-state index < -0.39 is 6.09 Å². The molecular weight excluding hydrogens is 462 g/mol. The minimum absolute atomic E-state index is 0.149. The maximum Gasteiger partial charge on any atom is 0.411 e. The lowest BCUT2D eigenvalue weighted by molar-refractivity contribution is 0.146. The Bertz CT molecular complexity index is 1620. The van der Waals surface area contributed by atoms with Crippen molar-refractivity contribution < 1.29 is 19.4 Å². The second-order valence-corrected chi connectivity index (χ2v) is 8.14. The van der Waals surface area contributed by atoms with Gasteiger partial charge in [0.25, 0.3) is 5.56 Å². The first kappa shape index (κ1) is 23.1. The van der Waals surface area contributed by atoms with Crippen LogP contribution in [0.2, 0.25) is 0 Å². The molecule has 0 aliphatic heterocycles. The van der Waals surface area contributed by atoms with Gasteiger partial charge in [-0.25, -0.2) is 14.9 Å². The highest BCUT2D eigenvalue weighted by atomic mass is 16.5. The van der Waals surface area contributed by atoms with Gasteiger partial charge in [0.05, 0.1) is 28.7 Å². The van der Waals surface area contributed by atoms with Crippen molar-refractivity contribution in [1.29, 1.82) is 0 Å². The summed E-state index contributed by atoms with van der Waals surface area (Å²) in [5.74, 6) is 0.828. The zero-order chi connectivity index (χ0) is 25.1. The first-order chi connectivity index (χ1) is 17.5. The first-order valence-electron chi connectivity index (χ1n) is 11.2. The molecule has 5 aromatic rings. The number of nitrogens with one attached hydrogen (secondary N) is 3. The van der Waals surface area contributed by atoms with Gasteiger partial charge in [0.2, 0.25) is 5.95 Å². The zero-order valence-corrected chi connectivity index (χ0v) is 19.4. The number of ether oxygens (including phenoxy) is 2. The molecule has 0 fully saturated rings. The molecule has 0 spiro atoms. The molecule has 0 radical (unpaired) electrons. The van der Waals surface area contributed by atoms with Crippen LogP contribution in [0, 0.1) is 0 Å². The van der Waals surface area contributed by atoms with Crippen LogP contribution in [0.15, 0.2) is 65.5 Å². The van der Waals surface area contributed by atoms with Gasteiger partial charge in [-0.05, 0) is 41.5 Å². The largest absolute Gasteiger partial charge is 0.491 e. The van der Waals surface area contributed by atoms with E-state index in [-0.39, 0.29) is 11.5 Å². The van der Waals surface area contributed by atoms with Gasteiger partial charge in [0, 0.05) is 24.5 Å². The summed E-state index contributed by atoms with van der Waals surface area (Å²) in [4.78, 5) is 30.4. The SMILES string of the molecule is COCCOc1ccc(Cc2n[nH]c(=O)c3ccccc23)cc1-c1ccc2nc(NC(=O)O)[nH]c2c1. The van der Waals surface area contributed by atoms with E-state index >= 15 is 0 Å². The number of fused-ring (bicyclic) bond motifs is 2. The molecule has 2 aromatic heterocycles. The number of nitrogens with zero attached hydrogens (tertiary/aromatic N) is 2. The molecule has 1 amide bonds. The summed E-state index contributed by atoms with van der Waals surface area (Å²) in [5.41, 5.74) is 4.54. The van der Waals surface area contributed by atoms with Crippen LogP contribution in [0.1, 0.15) is 11.3 Å². The van der Waals surface area contributed by atoms with Crippen molar-refractivity contribution in [3.8, 4) is 16.9 Å². The Morgan fingerprint density at radius 2 is 1.89 bits per heavy atom. The molecule has 0 saturated heterocycles. The third-order valence-electron chi connectivity index (χ3n) is 5.75. The average Bonchev–Trinajstić information content (AvgIpc) is 3.27. The lowest BCUT2D eigenvalue weighted by Gasteiger charge is -2.14. The third kappa shape index (κ3) is 4.75. The van der Waals surface area contributed by atoms with E-state index in [1.165, 1.54) is 0 Å². The van der Waals surface area contributed by atoms with E-state index in [2.05, 4.69) is 25.5 Å². The van der Waals surface area contributed by atoms with Crippen molar-refractivity contribution in [2.24, 2.45) is 0 Å². The van der Waals surface area contributed by atoms with E-state index in [1.807, 2.05) is 54.6 Å². The summed E-state index contributed by atoms with van der Waals surface area (Å²) in [5, 5.41) is 19.5. The highest BCUT2D eigenvalue weighted by Gasteiger charge is 2.13. The predicted octanol–water partition coefficient (Wildman–Crippen LogP) is 4.17. The molecule has 2 heterocycles. The summed E-state index contributed by atoms with van der Waals surface area (Å²) < 4.78 is 11.1. The van der Waals surface area contributed by atoms with Gasteiger partial charge < -0.3 is 19.6 Å². The van der Waals surface area contributed by atoms with Gasteiger partial charge in [0.15, 0.2) is 0 Å². The normalized spacial score (nSPS) is 11.1. The standard InChI is InChI=1S/C26H23N5O5/c1-35-10-11-36-23-9-6-15(13-21-17-4-2-3-5-18(17)24(32)31-30-21)12-19(23)16-7-8-20-22(14-16)28-25(27-20)29-26(33)34/h2-9,12,14H,10-11,13H2,1H3,(H,31,32)(H,33,34)(H2,27,28,29). The van der Waals surface area contributed by atoms with Crippen LogP contribution in [-0.2, 0) is 11.2 Å². The Morgan fingerprint density at radius 3 is 2.69 bits per heavy atom. The van der Waals surface area contributed by atoms with E-state index in [0.717, 1.165) is 27.8 Å². The average molecular weight is 486 g/mol. The van der Waals surface area contributed by atoms with Crippen LogP contribution < -0.4 is 15.6 Å². The molecule has 3 aromatic carbocycles. The number of carboxylic acid groups (broad SMARTS) is 1. The number of aromatic nitrogens is 4. The van der Waals surface area contributed by atoms with Gasteiger partial charge in [-0.15, -0.1) is 0 Å². The molecule has 4 N–H and O–H groups in total. The minimum atomic E-state index is -1.20. The van der Waals surface area contributed by atoms with Crippen LogP contribution in [0.25, 0.3) is 32.9 Å². The van der Waals surface area contributed by atoms with Crippen LogP contribution in [-0.4, -0.2) is 51.7 Å². The number of aromatic amines is 2. The lowest BCUT2D eigenvalue weighted by atomic mass is 9.98. The topological polar surface area (TPSA) is 142 Å².